The van der Waals surface area contributed by atoms with Crippen molar-refractivity contribution < 1.29 is 9.90 Å². The molecule has 0 aromatic rings. The summed E-state index contributed by atoms with van der Waals surface area (Å²) in [6, 6.07) is 0. The van der Waals surface area contributed by atoms with Crippen LogP contribution in [0.2, 0.25) is 0 Å². The third-order valence-electron chi connectivity index (χ3n) is 1.91. The van der Waals surface area contributed by atoms with Crippen LogP contribution in [-0.4, -0.2) is 5.97 Å². The van der Waals surface area contributed by atoms with Crippen LogP contribution in [-0.2, 0) is 9.90 Å². The van der Waals surface area contributed by atoms with Crippen LogP contribution in [0.15, 0.2) is 0 Å². The Balaban J connectivity index is 2.96. The molecule has 0 heterocycles. The van der Waals surface area contributed by atoms with Crippen LogP contribution >= 0.6 is 0 Å². The Morgan fingerprint density at radius 3 is 2.17 bits per heavy atom. The normalized spacial score (nSPS) is 10.6. The number of unbranched alkanes of at least 4 members (excludes halogenated alkanes) is 3. The molecule has 71 valence electrons. The highest BCUT2D eigenvalue weighted by Crippen LogP contribution is 2.10. The van der Waals surface area contributed by atoms with Gasteiger partial charge in [-0.2, -0.15) is 0 Å². The predicted molar refractivity (Wildman–Crippen MR) is 48.2 cm³/mol. The molecular formula is C10H19O2. The molecule has 0 amide bonds. The molecule has 2 heteroatoms. The van der Waals surface area contributed by atoms with Crippen molar-refractivity contribution in [2.24, 2.45) is 5.92 Å². The van der Waals surface area contributed by atoms with E-state index in [1.165, 1.54) is 12.8 Å². The number of hydrogen-bond acceptors (Lipinski definition) is 1. The van der Waals surface area contributed by atoms with Crippen LogP contribution < -0.4 is 0 Å². The van der Waals surface area contributed by atoms with Crippen LogP contribution in [0.25, 0.3) is 0 Å². The molecule has 0 aromatic carbocycles. The molecule has 0 aliphatic rings. The van der Waals surface area contributed by atoms with E-state index in [0.717, 1.165) is 25.2 Å². The van der Waals surface area contributed by atoms with Gasteiger partial charge in [-0.1, -0.05) is 39.5 Å². The maximum atomic E-state index is 10.0. The molecule has 0 bridgehead atoms. The van der Waals surface area contributed by atoms with Crippen LogP contribution in [0.4, 0.5) is 0 Å². The molecule has 0 spiro atoms. The zero-order valence-electron chi connectivity index (χ0n) is 8.14. The van der Waals surface area contributed by atoms with E-state index in [9.17, 15) is 9.90 Å². The van der Waals surface area contributed by atoms with Crippen molar-refractivity contribution in [3.8, 4) is 0 Å². The maximum Gasteiger partial charge on any atom is 0.355 e. The minimum Gasteiger partial charge on any atom is -0.247 e. The van der Waals surface area contributed by atoms with Crippen molar-refractivity contribution in [3.05, 3.63) is 0 Å². The lowest BCUT2D eigenvalue weighted by Crippen LogP contribution is -1.92. The summed E-state index contributed by atoms with van der Waals surface area (Å²) in [5.74, 6) is -0.148. The first-order chi connectivity index (χ1) is 5.63. The molecule has 0 fully saturated rings. The number of hydrogen-bond donors (Lipinski definition) is 0. The lowest BCUT2D eigenvalue weighted by atomic mass is 10.0. The molecule has 1 radical (unpaired) electrons. The maximum absolute atomic E-state index is 10.0. The van der Waals surface area contributed by atoms with E-state index < -0.39 is 5.97 Å². The molecule has 12 heavy (non-hydrogen) atoms. The van der Waals surface area contributed by atoms with E-state index in [4.69, 9.17) is 0 Å². The molecule has 0 aliphatic heterocycles. The molecule has 0 aromatic heterocycles. The summed E-state index contributed by atoms with van der Waals surface area (Å²) in [5, 5.41) is 10.0. The van der Waals surface area contributed by atoms with Gasteiger partial charge in [0.15, 0.2) is 0 Å². The summed E-state index contributed by atoms with van der Waals surface area (Å²) in [4.78, 5) is 10.0. The van der Waals surface area contributed by atoms with E-state index in [2.05, 4.69) is 13.8 Å². The summed E-state index contributed by atoms with van der Waals surface area (Å²) in [7, 11) is 0. The summed E-state index contributed by atoms with van der Waals surface area (Å²) in [5.41, 5.74) is 0. The van der Waals surface area contributed by atoms with Gasteiger partial charge in [0.05, 0.1) is 6.42 Å². The summed E-state index contributed by atoms with van der Waals surface area (Å²) in [6.45, 7) is 4.42. The highest BCUT2D eigenvalue weighted by atomic mass is 16.4. The Morgan fingerprint density at radius 2 is 1.67 bits per heavy atom. The van der Waals surface area contributed by atoms with E-state index in [-0.39, 0.29) is 6.42 Å². The number of carbonyl (C=O) groups excluding carboxylic acids is 1. The highest BCUT2D eigenvalue weighted by molar-refractivity contribution is 5.66. The van der Waals surface area contributed by atoms with Crippen molar-refractivity contribution in [2.45, 2.75) is 52.4 Å². The van der Waals surface area contributed by atoms with E-state index in [1.807, 2.05) is 0 Å². The van der Waals surface area contributed by atoms with Gasteiger partial charge in [0.25, 0.3) is 0 Å². The van der Waals surface area contributed by atoms with Gasteiger partial charge < -0.3 is 0 Å². The number of carbonyl (C=O) groups is 1. The van der Waals surface area contributed by atoms with Gasteiger partial charge in [-0.15, -0.1) is 0 Å². The van der Waals surface area contributed by atoms with Gasteiger partial charge in [-0.3, -0.25) is 0 Å². The molecule has 0 atom stereocenters. The monoisotopic (exact) mass is 171 g/mol. The molecule has 0 rings (SSSR count). The van der Waals surface area contributed by atoms with E-state index in [1.54, 1.807) is 0 Å². The zero-order valence-corrected chi connectivity index (χ0v) is 8.14. The van der Waals surface area contributed by atoms with Crippen LogP contribution in [0.5, 0.6) is 0 Å². The predicted octanol–water partition coefficient (Wildman–Crippen LogP) is 2.94. The summed E-state index contributed by atoms with van der Waals surface area (Å²) < 4.78 is 0. The van der Waals surface area contributed by atoms with Gasteiger partial charge in [-0.25, -0.2) is 9.90 Å². The third-order valence-corrected chi connectivity index (χ3v) is 1.91. The van der Waals surface area contributed by atoms with Gasteiger partial charge in [0.2, 0.25) is 0 Å². The molecule has 0 saturated carbocycles. The van der Waals surface area contributed by atoms with Crippen LogP contribution in [0.1, 0.15) is 52.4 Å². The molecule has 2 nitrogen and oxygen atoms in total. The third kappa shape index (κ3) is 9.47. The molecule has 0 unspecified atom stereocenters. The lowest BCUT2D eigenvalue weighted by Gasteiger charge is -2.02. The second kappa shape index (κ2) is 7.14. The van der Waals surface area contributed by atoms with Crippen LogP contribution in [0.3, 0.4) is 0 Å². The fourth-order valence-corrected chi connectivity index (χ4v) is 1.18. The average molecular weight is 171 g/mol. The topological polar surface area (TPSA) is 37.0 Å². The quantitative estimate of drug-likeness (QED) is 0.542. The van der Waals surface area contributed by atoms with Crippen molar-refractivity contribution in [1.82, 2.24) is 0 Å². The number of rotatable bonds is 7. The minimum absolute atomic E-state index is 0.224. The molecule has 0 N–H and O–H groups in total. The first-order valence-electron chi connectivity index (χ1n) is 4.82. The van der Waals surface area contributed by atoms with Gasteiger partial charge in [0.1, 0.15) is 0 Å². The van der Waals surface area contributed by atoms with E-state index in [0.29, 0.717) is 0 Å². The standard InChI is InChI=1S/C10H19O2/c1-9(2)7-5-3-4-6-8-10(11)12/h9H,3-8H2,1-2H3. The highest BCUT2D eigenvalue weighted by Gasteiger charge is 1.99. The SMILES string of the molecule is CC(C)CCCCCCC([O])=O. The van der Waals surface area contributed by atoms with Gasteiger partial charge >= 0.3 is 5.97 Å². The van der Waals surface area contributed by atoms with E-state index >= 15 is 0 Å². The van der Waals surface area contributed by atoms with Crippen molar-refractivity contribution in [2.75, 3.05) is 0 Å². The largest absolute Gasteiger partial charge is 0.355 e. The lowest BCUT2D eigenvalue weighted by molar-refractivity contribution is -0.143. The molecule has 0 aliphatic carbocycles. The zero-order chi connectivity index (χ0) is 9.40. The minimum atomic E-state index is -0.918. The molecular weight excluding hydrogens is 152 g/mol. The van der Waals surface area contributed by atoms with Crippen molar-refractivity contribution in [3.63, 3.8) is 0 Å². The Morgan fingerprint density at radius 1 is 1.08 bits per heavy atom. The molecule has 0 saturated heterocycles. The van der Waals surface area contributed by atoms with Gasteiger partial charge in [-0.05, 0) is 12.3 Å². The van der Waals surface area contributed by atoms with Crippen LogP contribution in [0, 0.1) is 5.92 Å². The van der Waals surface area contributed by atoms with Gasteiger partial charge in [0, 0.05) is 0 Å². The second-order valence-electron chi connectivity index (χ2n) is 3.72. The summed E-state index contributed by atoms with van der Waals surface area (Å²) >= 11 is 0. The Hall–Kier alpha value is -0.530. The Bertz CT molecular complexity index is 119. The Kier molecular flexibility index (Phi) is 6.82. The first kappa shape index (κ1) is 11.5. The Labute approximate surface area is 75.0 Å². The van der Waals surface area contributed by atoms with Crippen molar-refractivity contribution in [1.29, 1.82) is 0 Å². The average Bonchev–Trinajstić information content (AvgIpc) is 1.95. The smallest absolute Gasteiger partial charge is 0.247 e. The fraction of sp³-hybridized carbons (Fsp3) is 0.900. The second-order valence-corrected chi connectivity index (χ2v) is 3.72. The fourth-order valence-electron chi connectivity index (χ4n) is 1.18. The summed E-state index contributed by atoms with van der Waals surface area (Å²) in [6.07, 6.45) is 5.67. The first-order valence-corrected chi connectivity index (χ1v) is 4.82. The van der Waals surface area contributed by atoms with Crippen molar-refractivity contribution >= 4 is 5.97 Å².